The molecule has 3 heterocycles. The fourth-order valence-corrected chi connectivity index (χ4v) is 4.35. The van der Waals surface area contributed by atoms with Gasteiger partial charge in [0.1, 0.15) is 15.8 Å². The zero-order valence-electron chi connectivity index (χ0n) is 16.7. The maximum atomic E-state index is 12.7. The highest BCUT2D eigenvalue weighted by Crippen LogP contribution is 2.33. The molecule has 4 rings (SSSR count). The number of hydrogen-bond donors (Lipinski definition) is 0. The molecule has 1 aliphatic rings. The number of aromatic nitrogens is 1. The number of hydrogen-bond acceptors (Lipinski definition) is 5. The van der Waals surface area contributed by atoms with Gasteiger partial charge in [-0.05, 0) is 36.4 Å². The van der Waals surface area contributed by atoms with Crippen LogP contribution in [-0.2, 0) is 11.2 Å². The molecule has 0 bridgehead atoms. The predicted molar refractivity (Wildman–Crippen MR) is 131 cm³/mol. The second-order valence-corrected chi connectivity index (χ2v) is 8.70. The second kappa shape index (κ2) is 10.7. The highest BCUT2D eigenvalue weighted by Gasteiger charge is 2.32. The van der Waals surface area contributed by atoms with Gasteiger partial charge in [-0.25, -0.2) is 0 Å². The number of pyridine rings is 1. The summed E-state index contributed by atoms with van der Waals surface area (Å²) in [5, 5.41) is 0. The van der Waals surface area contributed by atoms with Gasteiger partial charge in [-0.1, -0.05) is 72.0 Å². The number of thiocarbonyl (C=S) groups is 1. The molecular weight excluding hydrogens is 480 g/mol. The van der Waals surface area contributed by atoms with Crippen molar-refractivity contribution in [2.45, 2.75) is 20.3 Å². The summed E-state index contributed by atoms with van der Waals surface area (Å²) < 4.78 is 7.46. The van der Waals surface area contributed by atoms with E-state index in [1.165, 1.54) is 11.8 Å². The SMILES string of the molecule is CC.O=C1/C(=C/c2ccc(-c3ccc(Br)cc3)o2)SC(=S)N1CCc1ccccn1. The van der Waals surface area contributed by atoms with Crippen LogP contribution in [0.4, 0.5) is 0 Å². The number of amides is 1. The molecule has 30 heavy (non-hydrogen) atoms. The smallest absolute Gasteiger partial charge is 0.266 e. The average molecular weight is 501 g/mol. The predicted octanol–water partition coefficient (Wildman–Crippen LogP) is 6.57. The van der Waals surface area contributed by atoms with Gasteiger partial charge >= 0.3 is 0 Å². The summed E-state index contributed by atoms with van der Waals surface area (Å²) in [4.78, 5) is 19.2. The van der Waals surface area contributed by atoms with E-state index in [2.05, 4.69) is 20.9 Å². The van der Waals surface area contributed by atoms with Crippen molar-refractivity contribution in [3.8, 4) is 11.3 Å². The molecule has 7 heteroatoms. The third-order valence-corrected chi connectivity index (χ3v) is 6.13. The van der Waals surface area contributed by atoms with Crippen molar-refractivity contribution in [1.29, 1.82) is 0 Å². The molecule has 3 aromatic rings. The number of carbonyl (C=O) groups is 1. The molecule has 0 atom stereocenters. The molecule has 4 nitrogen and oxygen atoms in total. The first-order valence-electron chi connectivity index (χ1n) is 9.61. The molecule has 154 valence electrons. The Morgan fingerprint density at radius 1 is 1.13 bits per heavy atom. The average Bonchev–Trinajstić information content (AvgIpc) is 3.34. The molecule has 1 fully saturated rings. The second-order valence-electron chi connectivity index (χ2n) is 6.11. The maximum absolute atomic E-state index is 12.7. The molecule has 0 unspecified atom stereocenters. The number of nitrogens with zero attached hydrogens (tertiary/aromatic N) is 2. The Balaban J connectivity index is 0.00000124. The zero-order chi connectivity index (χ0) is 21.5. The Bertz CT molecular complexity index is 1050. The first-order chi connectivity index (χ1) is 14.6. The van der Waals surface area contributed by atoms with Crippen LogP contribution in [0, 0.1) is 0 Å². The summed E-state index contributed by atoms with van der Waals surface area (Å²) in [7, 11) is 0. The van der Waals surface area contributed by atoms with Gasteiger partial charge in [0, 0.05) is 41.0 Å². The summed E-state index contributed by atoms with van der Waals surface area (Å²) in [6, 6.07) is 17.4. The van der Waals surface area contributed by atoms with E-state index in [1.807, 2.05) is 68.4 Å². The number of rotatable bonds is 5. The van der Waals surface area contributed by atoms with Crippen LogP contribution in [0.25, 0.3) is 17.4 Å². The standard InChI is InChI=1S/C21H15BrN2O2S2.C2H6/c22-15-6-4-14(5-7-15)18-9-8-17(26-18)13-19-20(25)24(21(27)28-19)12-10-16-3-1-2-11-23-16;1-2/h1-9,11,13H,10,12H2;1-2H3/b19-13-;. The minimum absolute atomic E-state index is 0.0903. The Labute approximate surface area is 194 Å². The lowest BCUT2D eigenvalue weighted by molar-refractivity contribution is -0.122. The summed E-state index contributed by atoms with van der Waals surface area (Å²) >= 11 is 10.1. The normalized spacial score (nSPS) is 14.8. The minimum Gasteiger partial charge on any atom is -0.457 e. The van der Waals surface area contributed by atoms with Crippen LogP contribution in [0.3, 0.4) is 0 Å². The van der Waals surface area contributed by atoms with Gasteiger partial charge in [0.05, 0.1) is 4.91 Å². The molecule has 0 N–H and O–H groups in total. The third kappa shape index (κ3) is 5.47. The number of benzene rings is 1. The van der Waals surface area contributed by atoms with E-state index in [4.69, 9.17) is 16.6 Å². The largest absolute Gasteiger partial charge is 0.457 e. The Morgan fingerprint density at radius 2 is 1.90 bits per heavy atom. The van der Waals surface area contributed by atoms with Gasteiger partial charge in [-0.15, -0.1) is 0 Å². The fourth-order valence-electron chi connectivity index (χ4n) is 2.79. The van der Waals surface area contributed by atoms with Crippen molar-refractivity contribution in [3.63, 3.8) is 0 Å². The number of thioether (sulfide) groups is 1. The molecule has 1 aliphatic heterocycles. The van der Waals surface area contributed by atoms with Crippen molar-refractivity contribution in [1.82, 2.24) is 9.88 Å². The molecule has 2 aromatic heterocycles. The van der Waals surface area contributed by atoms with Gasteiger partial charge in [0.25, 0.3) is 5.91 Å². The first kappa shape index (κ1) is 22.5. The van der Waals surface area contributed by atoms with Gasteiger partial charge in [-0.2, -0.15) is 0 Å². The third-order valence-electron chi connectivity index (χ3n) is 4.22. The number of furan rings is 1. The van der Waals surface area contributed by atoms with Gasteiger partial charge in [0.2, 0.25) is 0 Å². The van der Waals surface area contributed by atoms with E-state index in [9.17, 15) is 4.79 Å². The molecule has 0 saturated carbocycles. The Morgan fingerprint density at radius 3 is 2.60 bits per heavy atom. The van der Waals surface area contributed by atoms with Crippen LogP contribution >= 0.6 is 39.9 Å². The molecule has 1 aromatic carbocycles. The van der Waals surface area contributed by atoms with Gasteiger partial charge in [0.15, 0.2) is 0 Å². The van der Waals surface area contributed by atoms with Gasteiger partial charge < -0.3 is 4.42 Å². The van der Waals surface area contributed by atoms with Crippen molar-refractivity contribution < 1.29 is 9.21 Å². The summed E-state index contributed by atoms with van der Waals surface area (Å²) in [6.45, 7) is 4.52. The van der Waals surface area contributed by atoms with Crippen molar-refractivity contribution in [3.05, 3.63) is 81.6 Å². The zero-order valence-corrected chi connectivity index (χ0v) is 19.9. The summed E-state index contributed by atoms with van der Waals surface area (Å²) in [5.41, 5.74) is 1.91. The van der Waals surface area contributed by atoms with E-state index in [1.54, 1.807) is 17.2 Å². The van der Waals surface area contributed by atoms with E-state index < -0.39 is 0 Å². The Kier molecular flexibility index (Phi) is 8.01. The summed E-state index contributed by atoms with van der Waals surface area (Å²) in [5.74, 6) is 1.29. The highest BCUT2D eigenvalue weighted by atomic mass is 79.9. The van der Waals surface area contributed by atoms with Crippen LogP contribution in [0.5, 0.6) is 0 Å². The minimum atomic E-state index is -0.0903. The van der Waals surface area contributed by atoms with Crippen LogP contribution in [0.1, 0.15) is 25.3 Å². The van der Waals surface area contributed by atoms with Crippen LogP contribution in [-0.4, -0.2) is 26.7 Å². The molecule has 0 spiro atoms. The number of carbonyl (C=O) groups excluding carboxylic acids is 1. The number of halogens is 1. The van der Waals surface area contributed by atoms with Crippen molar-refractivity contribution >= 4 is 56.2 Å². The van der Waals surface area contributed by atoms with E-state index in [0.717, 1.165) is 21.5 Å². The lowest BCUT2D eigenvalue weighted by Gasteiger charge is -2.13. The monoisotopic (exact) mass is 500 g/mol. The van der Waals surface area contributed by atoms with Crippen molar-refractivity contribution in [2.24, 2.45) is 0 Å². The topological polar surface area (TPSA) is 46.3 Å². The molecule has 0 radical (unpaired) electrons. The molecule has 0 aliphatic carbocycles. The molecule has 1 saturated heterocycles. The van der Waals surface area contributed by atoms with Crippen molar-refractivity contribution in [2.75, 3.05) is 6.54 Å². The summed E-state index contributed by atoms with van der Waals surface area (Å²) in [6.07, 6.45) is 4.16. The molecular formula is C23H21BrN2O2S2. The lowest BCUT2D eigenvalue weighted by atomic mass is 10.2. The van der Waals surface area contributed by atoms with E-state index in [0.29, 0.717) is 28.0 Å². The van der Waals surface area contributed by atoms with E-state index in [-0.39, 0.29) is 5.91 Å². The lowest BCUT2D eigenvalue weighted by Crippen LogP contribution is -2.30. The van der Waals surface area contributed by atoms with Crippen LogP contribution in [0.2, 0.25) is 0 Å². The van der Waals surface area contributed by atoms with Crippen LogP contribution in [0.15, 0.2) is 74.6 Å². The van der Waals surface area contributed by atoms with Crippen LogP contribution < -0.4 is 0 Å². The van der Waals surface area contributed by atoms with E-state index >= 15 is 0 Å². The quantitative estimate of drug-likeness (QED) is 0.292. The Hall–Kier alpha value is -2.22. The van der Waals surface area contributed by atoms with Gasteiger partial charge in [-0.3, -0.25) is 14.7 Å². The first-order valence-corrected chi connectivity index (χ1v) is 11.6. The molecule has 1 amide bonds. The highest BCUT2D eigenvalue weighted by molar-refractivity contribution is 9.10. The maximum Gasteiger partial charge on any atom is 0.266 e. The fraction of sp³-hybridized carbons (Fsp3) is 0.174.